The lowest BCUT2D eigenvalue weighted by atomic mass is 10.0. The van der Waals surface area contributed by atoms with Gasteiger partial charge in [0.15, 0.2) is 0 Å². The Labute approximate surface area is 168 Å². The highest BCUT2D eigenvalue weighted by Crippen LogP contribution is 2.22. The number of morpholine rings is 1. The van der Waals surface area contributed by atoms with E-state index in [0.717, 1.165) is 19.4 Å². The molecule has 156 valence electrons. The molecule has 8 heteroatoms. The summed E-state index contributed by atoms with van der Waals surface area (Å²) in [6.45, 7) is 5.88. The second kappa shape index (κ2) is 8.49. The number of hydrogen-bond donors (Lipinski definition) is 0. The van der Waals surface area contributed by atoms with Crippen LogP contribution in [0.25, 0.3) is 0 Å². The van der Waals surface area contributed by atoms with Gasteiger partial charge < -0.3 is 14.5 Å². The average molecular weight is 410 g/mol. The summed E-state index contributed by atoms with van der Waals surface area (Å²) in [6, 6.07) is 6.70. The van der Waals surface area contributed by atoms with E-state index in [4.69, 9.17) is 4.74 Å². The van der Waals surface area contributed by atoms with Crippen molar-refractivity contribution in [3.63, 3.8) is 0 Å². The molecule has 0 saturated carbocycles. The predicted octanol–water partition coefficient (Wildman–Crippen LogP) is 1.65. The van der Waals surface area contributed by atoms with Gasteiger partial charge in [0.25, 0.3) is 5.91 Å². The third-order valence-electron chi connectivity index (χ3n) is 5.54. The molecule has 2 fully saturated rings. The van der Waals surface area contributed by atoms with E-state index in [2.05, 4.69) is 4.90 Å². The molecule has 3 unspecified atom stereocenters. The molecular formula is C20H31N3O4S. The molecule has 2 aliphatic heterocycles. The fraction of sp³-hybridized carbons (Fsp3) is 0.650. The topological polar surface area (TPSA) is 70.2 Å². The fourth-order valence-electron chi connectivity index (χ4n) is 3.99. The van der Waals surface area contributed by atoms with Crippen LogP contribution in [0, 0.1) is 0 Å². The van der Waals surface area contributed by atoms with Crippen LogP contribution in [0.4, 0.5) is 0 Å². The standard InChI is InChI=1S/C20H31N3O4S/c1-15-12-23(13-16(2)27-15)28(25,26)19-9-7-17(8-10-19)20(24)22-11-5-6-18(14-22)21(3)4/h7-10,15-16,18H,5-6,11-14H2,1-4H3. The fourth-order valence-corrected chi connectivity index (χ4v) is 5.58. The van der Waals surface area contributed by atoms with E-state index >= 15 is 0 Å². The molecule has 1 aromatic carbocycles. The number of piperidine rings is 1. The van der Waals surface area contributed by atoms with Crippen molar-refractivity contribution in [2.45, 2.75) is 49.8 Å². The summed E-state index contributed by atoms with van der Waals surface area (Å²) in [7, 11) is 0.473. The van der Waals surface area contributed by atoms with Gasteiger partial charge in [-0.3, -0.25) is 4.79 Å². The number of hydrogen-bond acceptors (Lipinski definition) is 5. The van der Waals surface area contributed by atoms with Crippen molar-refractivity contribution in [3.05, 3.63) is 29.8 Å². The second-order valence-corrected chi connectivity index (χ2v) is 10.1. The maximum Gasteiger partial charge on any atom is 0.253 e. The largest absolute Gasteiger partial charge is 0.373 e. The number of benzene rings is 1. The maximum absolute atomic E-state index is 12.9. The second-order valence-electron chi connectivity index (χ2n) is 8.11. The number of sulfonamides is 1. The molecule has 0 radical (unpaired) electrons. The molecule has 7 nitrogen and oxygen atoms in total. The quantitative estimate of drug-likeness (QED) is 0.756. The Morgan fingerprint density at radius 1 is 1.07 bits per heavy atom. The lowest BCUT2D eigenvalue weighted by molar-refractivity contribution is -0.0440. The summed E-state index contributed by atoms with van der Waals surface area (Å²) < 4.78 is 33.0. The molecule has 2 heterocycles. The monoisotopic (exact) mass is 409 g/mol. The normalized spacial score (nSPS) is 27.2. The van der Waals surface area contributed by atoms with Gasteiger partial charge in [-0.05, 0) is 65.0 Å². The zero-order chi connectivity index (χ0) is 20.5. The van der Waals surface area contributed by atoms with Crippen molar-refractivity contribution in [1.82, 2.24) is 14.1 Å². The molecule has 28 heavy (non-hydrogen) atoms. The van der Waals surface area contributed by atoms with Crippen LogP contribution in [0.1, 0.15) is 37.0 Å². The lowest BCUT2D eigenvalue weighted by Crippen LogP contribution is -2.48. The Morgan fingerprint density at radius 3 is 2.25 bits per heavy atom. The van der Waals surface area contributed by atoms with Gasteiger partial charge >= 0.3 is 0 Å². The molecule has 1 aromatic rings. The number of carbonyl (C=O) groups is 1. The molecule has 2 saturated heterocycles. The molecule has 3 rings (SSSR count). The van der Waals surface area contributed by atoms with E-state index in [9.17, 15) is 13.2 Å². The first-order valence-corrected chi connectivity index (χ1v) is 11.3. The van der Waals surface area contributed by atoms with Crippen molar-refractivity contribution in [1.29, 1.82) is 0 Å². The van der Waals surface area contributed by atoms with Crippen LogP contribution in [-0.2, 0) is 14.8 Å². The van der Waals surface area contributed by atoms with Crippen molar-refractivity contribution in [2.24, 2.45) is 0 Å². The zero-order valence-electron chi connectivity index (χ0n) is 17.2. The minimum absolute atomic E-state index is 0.0379. The first kappa shape index (κ1) is 21.2. The van der Waals surface area contributed by atoms with Gasteiger partial charge in [0.2, 0.25) is 10.0 Å². The Kier molecular flexibility index (Phi) is 6.44. The minimum Gasteiger partial charge on any atom is -0.373 e. The summed E-state index contributed by atoms with van der Waals surface area (Å²) in [6.07, 6.45) is 1.80. The maximum atomic E-state index is 12.9. The van der Waals surface area contributed by atoms with Crippen molar-refractivity contribution >= 4 is 15.9 Å². The van der Waals surface area contributed by atoms with E-state index in [-0.39, 0.29) is 23.0 Å². The van der Waals surface area contributed by atoms with Crippen molar-refractivity contribution in [2.75, 3.05) is 40.3 Å². The van der Waals surface area contributed by atoms with Crippen LogP contribution < -0.4 is 0 Å². The van der Waals surface area contributed by atoms with Gasteiger partial charge in [-0.2, -0.15) is 4.31 Å². The van der Waals surface area contributed by atoms with Crippen molar-refractivity contribution < 1.29 is 17.9 Å². The summed E-state index contributed by atoms with van der Waals surface area (Å²) in [5.41, 5.74) is 0.530. The van der Waals surface area contributed by atoms with E-state index in [0.29, 0.717) is 31.2 Å². The highest BCUT2D eigenvalue weighted by molar-refractivity contribution is 7.89. The van der Waals surface area contributed by atoms with Gasteiger partial charge in [0.05, 0.1) is 17.1 Å². The number of ether oxygens (including phenoxy) is 1. The van der Waals surface area contributed by atoms with E-state index in [1.807, 2.05) is 32.8 Å². The number of nitrogens with zero attached hydrogens (tertiary/aromatic N) is 3. The van der Waals surface area contributed by atoms with Gasteiger partial charge in [-0.25, -0.2) is 8.42 Å². The van der Waals surface area contributed by atoms with Gasteiger partial charge in [-0.1, -0.05) is 0 Å². The van der Waals surface area contributed by atoms with E-state index in [1.165, 1.54) is 4.31 Å². The van der Waals surface area contributed by atoms with Crippen LogP contribution in [0.5, 0.6) is 0 Å². The Hall–Kier alpha value is -1.48. The predicted molar refractivity (Wildman–Crippen MR) is 108 cm³/mol. The van der Waals surface area contributed by atoms with Crippen LogP contribution >= 0.6 is 0 Å². The first-order valence-electron chi connectivity index (χ1n) is 9.90. The number of rotatable bonds is 4. The van der Waals surface area contributed by atoms with Crippen LogP contribution in [0.3, 0.4) is 0 Å². The molecule has 1 amide bonds. The molecule has 0 N–H and O–H groups in total. The Balaban J connectivity index is 1.73. The first-order chi connectivity index (χ1) is 13.2. The SMILES string of the molecule is CC1CN(S(=O)(=O)c2ccc(C(=O)N3CCCC(N(C)C)C3)cc2)CC(C)O1. The third-order valence-corrected chi connectivity index (χ3v) is 7.39. The Morgan fingerprint density at radius 2 is 1.68 bits per heavy atom. The molecule has 2 aliphatic rings. The third kappa shape index (κ3) is 4.56. The number of likely N-dealkylation sites (N-methyl/N-ethyl adjacent to an activating group) is 1. The molecule has 0 spiro atoms. The highest BCUT2D eigenvalue weighted by atomic mass is 32.2. The Bertz CT molecular complexity index is 784. The minimum atomic E-state index is -3.59. The average Bonchev–Trinajstić information content (AvgIpc) is 2.67. The molecule has 0 bridgehead atoms. The molecular weight excluding hydrogens is 378 g/mol. The van der Waals surface area contributed by atoms with Gasteiger partial charge in [0, 0.05) is 37.8 Å². The number of likely N-dealkylation sites (tertiary alicyclic amines) is 1. The van der Waals surface area contributed by atoms with E-state index in [1.54, 1.807) is 24.3 Å². The summed E-state index contributed by atoms with van der Waals surface area (Å²) >= 11 is 0. The summed E-state index contributed by atoms with van der Waals surface area (Å²) in [5.74, 6) is -0.0379. The molecule has 0 aliphatic carbocycles. The molecule has 0 aromatic heterocycles. The van der Waals surface area contributed by atoms with Crippen LogP contribution in [-0.4, -0.2) is 87.0 Å². The van der Waals surface area contributed by atoms with Crippen molar-refractivity contribution in [3.8, 4) is 0 Å². The smallest absolute Gasteiger partial charge is 0.253 e. The van der Waals surface area contributed by atoms with Gasteiger partial charge in [-0.15, -0.1) is 0 Å². The van der Waals surface area contributed by atoms with Crippen LogP contribution in [0.15, 0.2) is 29.2 Å². The zero-order valence-corrected chi connectivity index (χ0v) is 18.0. The van der Waals surface area contributed by atoms with E-state index < -0.39 is 10.0 Å². The highest BCUT2D eigenvalue weighted by Gasteiger charge is 2.32. The van der Waals surface area contributed by atoms with Gasteiger partial charge in [0.1, 0.15) is 0 Å². The molecule has 3 atom stereocenters. The van der Waals surface area contributed by atoms with Crippen LogP contribution in [0.2, 0.25) is 0 Å². The number of carbonyl (C=O) groups excluding carboxylic acids is 1. The summed E-state index contributed by atoms with van der Waals surface area (Å²) in [5, 5.41) is 0. The lowest BCUT2D eigenvalue weighted by Gasteiger charge is -2.36. The number of amides is 1. The summed E-state index contributed by atoms with van der Waals surface area (Å²) in [4.78, 5) is 17.1.